The summed E-state index contributed by atoms with van der Waals surface area (Å²) in [5.74, 6) is 0. The smallest absolute Gasteiger partial charge is 0.0873 e. The fourth-order valence-electron chi connectivity index (χ4n) is 1.05. The molecule has 0 rings (SSSR count). The van der Waals surface area contributed by atoms with Crippen molar-refractivity contribution in [3.05, 3.63) is 12.8 Å². The van der Waals surface area contributed by atoms with Crippen molar-refractivity contribution in [2.45, 2.75) is 25.7 Å². The summed E-state index contributed by atoms with van der Waals surface area (Å²) in [7, 11) is 4.22. The van der Waals surface area contributed by atoms with Gasteiger partial charge in [-0.15, -0.1) is 0 Å². The Balaban J connectivity index is 2.86. The second-order valence-corrected chi connectivity index (χ2v) is 3.25. The van der Waals surface area contributed by atoms with Gasteiger partial charge in [0.1, 0.15) is 0 Å². The molecule has 0 saturated heterocycles. The molecule has 0 radical (unpaired) electrons. The van der Waals surface area contributed by atoms with Gasteiger partial charge in [0.25, 0.3) is 0 Å². The van der Waals surface area contributed by atoms with Crippen LogP contribution in [0, 0.1) is 0 Å². The lowest BCUT2D eigenvalue weighted by atomic mass is 10.2. The lowest BCUT2D eigenvalue weighted by Crippen LogP contribution is -2.12. The van der Waals surface area contributed by atoms with Gasteiger partial charge in [-0.25, -0.2) is 0 Å². The monoisotopic (exact) mass is 171 g/mol. The highest BCUT2D eigenvalue weighted by molar-refractivity contribution is 4.50. The average molecular weight is 171 g/mol. The lowest BCUT2D eigenvalue weighted by Gasteiger charge is -2.08. The molecule has 2 heteroatoms. The predicted molar refractivity (Wildman–Crippen MR) is 53.2 cm³/mol. The molecule has 0 amide bonds. The standard InChI is InChI=1S/C10H21NO/c1-4-12-10-8-6-5-7-9-11(2)3/h4H,1,5-10H2,2-3H3. The van der Waals surface area contributed by atoms with Crippen LogP contribution < -0.4 is 0 Å². The van der Waals surface area contributed by atoms with E-state index in [2.05, 4.69) is 25.6 Å². The molecule has 0 fully saturated rings. The first kappa shape index (κ1) is 11.5. The Labute approximate surface area is 76.2 Å². The lowest BCUT2D eigenvalue weighted by molar-refractivity contribution is 0.241. The Morgan fingerprint density at radius 3 is 2.42 bits per heavy atom. The number of rotatable bonds is 8. The van der Waals surface area contributed by atoms with Crippen LogP contribution in [-0.4, -0.2) is 32.1 Å². The molecule has 12 heavy (non-hydrogen) atoms. The van der Waals surface area contributed by atoms with E-state index in [1.165, 1.54) is 32.1 Å². The summed E-state index contributed by atoms with van der Waals surface area (Å²) >= 11 is 0. The van der Waals surface area contributed by atoms with Crippen LogP contribution in [0.4, 0.5) is 0 Å². The van der Waals surface area contributed by atoms with Crippen LogP contribution in [0.15, 0.2) is 12.8 Å². The summed E-state index contributed by atoms with van der Waals surface area (Å²) in [5.41, 5.74) is 0. The van der Waals surface area contributed by atoms with Crippen LogP contribution >= 0.6 is 0 Å². The molecule has 0 aromatic heterocycles. The Morgan fingerprint density at radius 1 is 1.17 bits per heavy atom. The highest BCUT2D eigenvalue weighted by atomic mass is 16.5. The van der Waals surface area contributed by atoms with Crippen molar-refractivity contribution in [3.8, 4) is 0 Å². The maximum absolute atomic E-state index is 5.01. The van der Waals surface area contributed by atoms with Crippen molar-refractivity contribution < 1.29 is 4.74 Å². The summed E-state index contributed by atoms with van der Waals surface area (Å²) in [6.07, 6.45) is 6.53. The van der Waals surface area contributed by atoms with Gasteiger partial charge in [0, 0.05) is 0 Å². The first-order valence-electron chi connectivity index (χ1n) is 4.64. The first-order valence-corrected chi connectivity index (χ1v) is 4.64. The number of hydrogen-bond acceptors (Lipinski definition) is 2. The Morgan fingerprint density at radius 2 is 1.83 bits per heavy atom. The fourth-order valence-corrected chi connectivity index (χ4v) is 1.05. The molecular weight excluding hydrogens is 150 g/mol. The van der Waals surface area contributed by atoms with E-state index in [4.69, 9.17) is 4.74 Å². The summed E-state index contributed by atoms with van der Waals surface area (Å²) in [4.78, 5) is 2.22. The second-order valence-electron chi connectivity index (χ2n) is 3.25. The second kappa shape index (κ2) is 8.60. The topological polar surface area (TPSA) is 12.5 Å². The molecule has 0 aliphatic carbocycles. The van der Waals surface area contributed by atoms with Crippen molar-refractivity contribution in [3.63, 3.8) is 0 Å². The summed E-state index contributed by atoms with van der Waals surface area (Å²) < 4.78 is 5.01. The number of unbranched alkanes of at least 4 members (excludes halogenated alkanes) is 3. The van der Waals surface area contributed by atoms with Crippen molar-refractivity contribution in [2.24, 2.45) is 0 Å². The molecule has 0 heterocycles. The van der Waals surface area contributed by atoms with Crippen LogP contribution in [0.5, 0.6) is 0 Å². The van der Waals surface area contributed by atoms with Crippen LogP contribution in [0.3, 0.4) is 0 Å². The minimum atomic E-state index is 0.825. The van der Waals surface area contributed by atoms with Crippen LogP contribution in [0.1, 0.15) is 25.7 Å². The van der Waals surface area contributed by atoms with Gasteiger partial charge in [-0.2, -0.15) is 0 Å². The van der Waals surface area contributed by atoms with E-state index in [-0.39, 0.29) is 0 Å². The maximum atomic E-state index is 5.01. The van der Waals surface area contributed by atoms with Gasteiger partial charge >= 0.3 is 0 Å². The third-order valence-electron chi connectivity index (χ3n) is 1.74. The molecule has 0 bridgehead atoms. The van der Waals surface area contributed by atoms with Gasteiger partial charge in [-0.1, -0.05) is 19.4 Å². The van der Waals surface area contributed by atoms with Gasteiger partial charge in [-0.3, -0.25) is 0 Å². The summed E-state index contributed by atoms with van der Waals surface area (Å²) in [6.45, 7) is 5.51. The SMILES string of the molecule is C=COCCCCCCN(C)C. The van der Waals surface area contributed by atoms with Crippen LogP contribution in [-0.2, 0) is 4.74 Å². The first-order chi connectivity index (χ1) is 5.77. The molecule has 72 valence electrons. The Bertz CT molecular complexity index is 102. The minimum absolute atomic E-state index is 0.825. The van der Waals surface area contributed by atoms with Crippen LogP contribution in [0.2, 0.25) is 0 Å². The molecule has 0 unspecified atom stereocenters. The van der Waals surface area contributed by atoms with Gasteiger partial charge in [0.05, 0.1) is 12.9 Å². The zero-order valence-corrected chi connectivity index (χ0v) is 8.38. The molecule has 0 aliphatic heterocycles. The number of nitrogens with zero attached hydrogens (tertiary/aromatic N) is 1. The third kappa shape index (κ3) is 9.50. The zero-order valence-electron chi connectivity index (χ0n) is 8.38. The van der Waals surface area contributed by atoms with Gasteiger partial charge in [0.15, 0.2) is 0 Å². The maximum Gasteiger partial charge on any atom is 0.0873 e. The Hall–Kier alpha value is -0.500. The Kier molecular flexibility index (Phi) is 8.24. The summed E-state index contributed by atoms with van der Waals surface area (Å²) in [5, 5.41) is 0. The zero-order chi connectivity index (χ0) is 9.23. The van der Waals surface area contributed by atoms with E-state index in [0.717, 1.165) is 13.0 Å². The van der Waals surface area contributed by atoms with E-state index in [1.54, 1.807) is 0 Å². The molecule has 0 saturated carbocycles. The largest absolute Gasteiger partial charge is 0.502 e. The molecule has 0 N–H and O–H groups in total. The molecular formula is C10H21NO. The van der Waals surface area contributed by atoms with Gasteiger partial charge in [-0.05, 0) is 33.5 Å². The van der Waals surface area contributed by atoms with Gasteiger partial charge in [0.2, 0.25) is 0 Å². The van der Waals surface area contributed by atoms with Crippen molar-refractivity contribution in [1.29, 1.82) is 0 Å². The number of hydrogen-bond donors (Lipinski definition) is 0. The average Bonchev–Trinajstić information content (AvgIpc) is 2.02. The van der Waals surface area contributed by atoms with Crippen molar-refractivity contribution in [1.82, 2.24) is 4.90 Å². The number of ether oxygens (including phenoxy) is 1. The molecule has 0 atom stereocenters. The highest BCUT2D eigenvalue weighted by Gasteiger charge is 1.91. The van der Waals surface area contributed by atoms with Gasteiger partial charge < -0.3 is 9.64 Å². The normalized spacial score (nSPS) is 10.2. The fraction of sp³-hybridized carbons (Fsp3) is 0.800. The highest BCUT2D eigenvalue weighted by Crippen LogP contribution is 2.00. The van der Waals surface area contributed by atoms with Crippen LogP contribution in [0.25, 0.3) is 0 Å². The molecule has 0 spiro atoms. The van der Waals surface area contributed by atoms with E-state index in [1.807, 2.05) is 0 Å². The van der Waals surface area contributed by atoms with E-state index >= 15 is 0 Å². The van der Waals surface area contributed by atoms with E-state index in [9.17, 15) is 0 Å². The van der Waals surface area contributed by atoms with Crippen molar-refractivity contribution in [2.75, 3.05) is 27.2 Å². The van der Waals surface area contributed by atoms with E-state index < -0.39 is 0 Å². The summed E-state index contributed by atoms with van der Waals surface area (Å²) in [6, 6.07) is 0. The molecule has 0 aromatic rings. The molecule has 2 nitrogen and oxygen atoms in total. The van der Waals surface area contributed by atoms with Crippen molar-refractivity contribution >= 4 is 0 Å². The molecule has 0 aromatic carbocycles. The third-order valence-corrected chi connectivity index (χ3v) is 1.74. The quantitative estimate of drug-likeness (QED) is 0.410. The van der Waals surface area contributed by atoms with E-state index in [0.29, 0.717) is 0 Å². The minimum Gasteiger partial charge on any atom is -0.502 e. The molecule has 0 aliphatic rings. The predicted octanol–water partition coefficient (Wildman–Crippen LogP) is 2.27.